The predicted octanol–water partition coefficient (Wildman–Crippen LogP) is 4.99. The summed E-state index contributed by atoms with van der Waals surface area (Å²) in [4.78, 5) is 9.60. The highest BCUT2D eigenvalue weighted by molar-refractivity contribution is 5.85. The fraction of sp³-hybridized carbons (Fsp3) is 0.130. The Morgan fingerprint density at radius 3 is 2.56 bits per heavy atom. The average Bonchev–Trinajstić information content (AvgIpc) is 2.68. The lowest BCUT2D eigenvalue weighted by Crippen LogP contribution is -2.09. The summed E-state index contributed by atoms with van der Waals surface area (Å²) in [5.74, 6) is 0.895. The Labute approximate surface area is 147 Å². The van der Waals surface area contributed by atoms with Crippen LogP contribution in [-0.4, -0.2) is 9.97 Å². The molecule has 0 saturated heterocycles. The summed E-state index contributed by atoms with van der Waals surface area (Å²) in [5, 5.41) is 2.55. The highest BCUT2D eigenvalue weighted by Crippen LogP contribution is 2.31. The van der Waals surface area contributed by atoms with E-state index in [2.05, 4.69) is 71.7 Å². The van der Waals surface area contributed by atoms with Crippen molar-refractivity contribution in [1.29, 1.82) is 0 Å². The predicted molar refractivity (Wildman–Crippen MR) is 102 cm³/mol. The minimum Gasteiger partial charge on any atom is -0.241 e. The molecule has 0 radical (unpaired) electrons. The summed E-state index contributed by atoms with van der Waals surface area (Å²) in [6, 6.07) is 23.6. The molecule has 120 valence electrons. The Bertz CT molecular complexity index is 1080. The molecule has 0 unspecified atom stereocenters. The van der Waals surface area contributed by atoms with Gasteiger partial charge in [0, 0.05) is 18.2 Å². The quantitative estimate of drug-likeness (QED) is 0.520. The molecule has 1 aliphatic carbocycles. The van der Waals surface area contributed by atoms with Crippen LogP contribution in [0.5, 0.6) is 0 Å². The Kier molecular flexibility index (Phi) is 3.34. The Morgan fingerprint density at radius 1 is 0.760 bits per heavy atom. The number of fused-ring (bicyclic) bond motifs is 4. The van der Waals surface area contributed by atoms with Crippen molar-refractivity contribution in [2.24, 2.45) is 0 Å². The van der Waals surface area contributed by atoms with Crippen LogP contribution in [0.1, 0.15) is 22.5 Å². The number of hydrogen-bond donors (Lipinski definition) is 0. The molecule has 25 heavy (non-hydrogen) atoms. The molecule has 0 bridgehead atoms. The second kappa shape index (κ2) is 5.82. The molecule has 2 heteroatoms. The second-order valence-electron chi connectivity index (χ2n) is 6.63. The SMILES string of the molecule is c1ccc2c(c1)CCc1cnc(Cc3cccc4ccccc34)nc1-2. The van der Waals surface area contributed by atoms with Crippen LogP contribution in [0.4, 0.5) is 0 Å². The standard InChI is InChI=1S/C23H18N2/c1-3-10-20-16(6-1)8-5-9-18(20)14-22-24-15-19-13-12-17-7-2-4-11-21(17)23(19)25-22/h1-11,15H,12-14H2. The molecule has 1 heterocycles. The van der Waals surface area contributed by atoms with E-state index in [-0.39, 0.29) is 0 Å². The van der Waals surface area contributed by atoms with Crippen LogP contribution in [0.2, 0.25) is 0 Å². The average molecular weight is 322 g/mol. The first-order valence-electron chi connectivity index (χ1n) is 8.78. The molecule has 3 aromatic carbocycles. The Hall–Kier alpha value is -3.00. The zero-order valence-corrected chi connectivity index (χ0v) is 13.9. The number of aromatic nitrogens is 2. The van der Waals surface area contributed by atoms with Crippen LogP contribution >= 0.6 is 0 Å². The van der Waals surface area contributed by atoms with Gasteiger partial charge in [-0.05, 0) is 40.3 Å². The molecule has 0 spiro atoms. The first-order chi connectivity index (χ1) is 12.4. The third-order valence-electron chi connectivity index (χ3n) is 5.08. The first kappa shape index (κ1) is 14.4. The number of aryl methyl sites for hydroxylation is 2. The summed E-state index contributed by atoms with van der Waals surface area (Å²) in [7, 11) is 0. The molecule has 0 aliphatic heterocycles. The minimum absolute atomic E-state index is 0.761. The summed E-state index contributed by atoms with van der Waals surface area (Å²) < 4.78 is 0. The second-order valence-corrected chi connectivity index (χ2v) is 6.63. The van der Waals surface area contributed by atoms with Crippen molar-refractivity contribution in [1.82, 2.24) is 9.97 Å². The van der Waals surface area contributed by atoms with E-state index in [1.165, 1.54) is 33.0 Å². The number of hydrogen-bond acceptors (Lipinski definition) is 2. The number of benzene rings is 3. The highest BCUT2D eigenvalue weighted by Gasteiger charge is 2.18. The molecule has 0 atom stereocenters. The first-order valence-corrected chi connectivity index (χ1v) is 8.78. The van der Waals surface area contributed by atoms with Gasteiger partial charge in [-0.15, -0.1) is 0 Å². The fourth-order valence-corrected chi connectivity index (χ4v) is 3.80. The fourth-order valence-electron chi connectivity index (χ4n) is 3.80. The van der Waals surface area contributed by atoms with E-state index in [9.17, 15) is 0 Å². The van der Waals surface area contributed by atoms with Gasteiger partial charge in [-0.3, -0.25) is 0 Å². The van der Waals surface area contributed by atoms with Gasteiger partial charge in [-0.1, -0.05) is 66.7 Å². The zero-order chi connectivity index (χ0) is 16.6. The van der Waals surface area contributed by atoms with Crippen LogP contribution in [0.25, 0.3) is 22.0 Å². The smallest absolute Gasteiger partial charge is 0.133 e. The number of nitrogens with zero attached hydrogens (tertiary/aromatic N) is 2. The molecular weight excluding hydrogens is 304 g/mol. The van der Waals surface area contributed by atoms with Gasteiger partial charge in [0.1, 0.15) is 5.82 Å². The number of rotatable bonds is 2. The maximum absolute atomic E-state index is 4.95. The van der Waals surface area contributed by atoms with Crippen LogP contribution in [-0.2, 0) is 19.3 Å². The normalized spacial score (nSPS) is 12.6. The molecule has 0 amide bonds. The maximum atomic E-state index is 4.95. The zero-order valence-electron chi connectivity index (χ0n) is 13.9. The van der Waals surface area contributed by atoms with Crippen LogP contribution in [0, 0.1) is 0 Å². The maximum Gasteiger partial charge on any atom is 0.133 e. The van der Waals surface area contributed by atoms with Crippen molar-refractivity contribution in [3.8, 4) is 11.3 Å². The van der Waals surface area contributed by atoms with Gasteiger partial charge >= 0.3 is 0 Å². The van der Waals surface area contributed by atoms with Crippen molar-refractivity contribution >= 4 is 10.8 Å². The van der Waals surface area contributed by atoms with Gasteiger partial charge < -0.3 is 0 Å². The molecule has 1 aliphatic rings. The third kappa shape index (κ3) is 2.51. The lowest BCUT2D eigenvalue weighted by molar-refractivity contribution is 0.880. The molecule has 0 N–H and O–H groups in total. The van der Waals surface area contributed by atoms with Crippen molar-refractivity contribution in [2.45, 2.75) is 19.3 Å². The third-order valence-corrected chi connectivity index (χ3v) is 5.08. The lowest BCUT2D eigenvalue weighted by atomic mass is 9.90. The van der Waals surface area contributed by atoms with E-state index >= 15 is 0 Å². The summed E-state index contributed by atoms with van der Waals surface area (Å²) in [6.07, 6.45) is 4.89. The highest BCUT2D eigenvalue weighted by atomic mass is 14.9. The molecule has 4 aromatic rings. The monoisotopic (exact) mass is 322 g/mol. The van der Waals surface area contributed by atoms with Gasteiger partial charge in [-0.2, -0.15) is 0 Å². The van der Waals surface area contributed by atoms with E-state index in [0.717, 1.165) is 30.8 Å². The summed E-state index contributed by atoms with van der Waals surface area (Å²) >= 11 is 0. The van der Waals surface area contributed by atoms with Crippen molar-refractivity contribution < 1.29 is 0 Å². The summed E-state index contributed by atoms with van der Waals surface area (Å²) in [5.41, 5.74) is 6.32. The molecule has 5 rings (SSSR count). The van der Waals surface area contributed by atoms with Crippen LogP contribution < -0.4 is 0 Å². The van der Waals surface area contributed by atoms with Crippen LogP contribution in [0.3, 0.4) is 0 Å². The van der Waals surface area contributed by atoms with E-state index < -0.39 is 0 Å². The molecule has 2 nitrogen and oxygen atoms in total. The van der Waals surface area contributed by atoms with Gasteiger partial charge in [0.2, 0.25) is 0 Å². The van der Waals surface area contributed by atoms with E-state index in [1.54, 1.807) is 0 Å². The van der Waals surface area contributed by atoms with Gasteiger partial charge in [-0.25, -0.2) is 9.97 Å². The van der Waals surface area contributed by atoms with Crippen molar-refractivity contribution in [3.63, 3.8) is 0 Å². The van der Waals surface area contributed by atoms with E-state index in [4.69, 9.17) is 4.98 Å². The van der Waals surface area contributed by atoms with E-state index in [1.807, 2.05) is 6.20 Å². The van der Waals surface area contributed by atoms with Gasteiger partial charge in [0.05, 0.1) is 5.69 Å². The van der Waals surface area contributed by atoms with Crippen molar-refractivity contribution in [3.05, 3.63) is 95.4 Å². The van der Waals surface area contributed by atoms with Gasteiger partial charge in [0.25, 0.3) is 0 Å². The Morgan fingerprint density at radius 2 is 1.56 bits per heavy atom. The topological polar surface area (TPSA) is 25.8 Å². The van der Waals surface area contributed by atoms with Crippen LogP contribution in [0.15, 0.2) is 72.9 Å². The molecule has 0 fully saturated rings. The minimum atomic E-state index is 0.761. The largest absolute Gasteiger partial charge is 0.241 e. The molecule has 0 saturated carbocycles. The molecular formula is C23H18N2. The lowest BCUT2D eigenvalue weighted by Gasteiger charge is -2.19. The van der Waals surface area contributed by atoms with E-state index in [0.29, 0.717) is 0 Å². The Balaban J connectivity index is 1.58. The summed E-state index contributed by atoms with van der Waals surface area (Å²) in [6.45, 7) is 0. The van der Waals surface area contributed by atoms with Crippen molar-refractivity contribution in [2.75, 3.05) is 0 Å². The van der Waals surface area contributed by atoms with Gasteiger partial charge in [0.15, 0.2) is 0 Å². The molecule has 1 aromatic heterocycles.